The molecule has 4 nitrogen and oxygen atoms in total. The fraction of sp³-hybridized carbons (Fsp3) is 0.500. The van der Waals surface area contributed by atoms with Crippen LogP contribution in [0.4, 0.5) is 0 Å². The Morgan fingerprint density at radius 3 is 2.94 bits per heavy atom. The highest BCUT2D eigenvalue weighted by atomic mass is 16.5. The Morgan fingerprint density at radius 2 is 2.22 bits per heavy atom. The number of amides is 1. The van der Waals surface area contributed by atoms with Crippen molar-refractivity contribution in [3.05, 3.63) is 35.4 Å². The van der Waals surface area contributed by atoms with Crippen molar-refractivity contribution < 1.29 is 9.53 Å². The van der Waals surface area contributed by atoms with Gasteiger partial charge in [0.15, 0.2) is 0 Å². The molecule has 1 amide bonds. The molecule has 1 unspecified atom stereocenters. The topological polar surface area (TPSA) is 55.6 Å². The van der Waals surface area contributed by atoms with Crippen molar-refractivity contribution in [2.24, 2.45) is 5.73 Å². The number of rotatable bonds is 4. The molecule has 1 fully saturated rings. The van der Waals surface area contributed by atoms with Crippen LogP contribution in [0.25, 0.3) is 0 Å². The van der Waals surface area contributed by atoms with Gasteiger partial charge in [0.05, 0.1) is 6.10 Å². The predicted octanol–water partition coefficient (Wildman–Crippen LogP) is 1.07. The number of ether oxygens (including phenoxy) is 1. The van der Waals surface area contributed by atoms with Crippen molar-refractivity contribution in [2.75, 3.05) is 19.7 Å². The smallest absolute Gasteiger partial charge is 0.248 e. The lowest BCUT2D eigenvalue weighted by atomic mass is 10.1. The Balaban J connectivity index is 2.03. The third kappa shape index (κ3) is 3.09. The minimum absolute atomic E-state index is 0.0616. The number of nitrogens with two attached hydrogens (primary N) is 1. The van der Waals surface area contributed by atoms with Crippen LogP contribution >= 0.6 is 0 Å². The van der Waals surface area contributed by atoms with E-state index in [2.05, 4.69) is 19.1 Å². The van der Waals surface area contributed by atoms with Crippen LogP contribution in [0.3, 0.4) is 0 Å². The molecule has 0 bridgehead atoms. The Hall–Kier alpha value is -1.39. The van der Waals surface area contributed by atoms with Gasteiger partial charge in [-0.1, -0.05) is 24.3 Å². The second-order valence-corrected chi connectivity index (χ2v) is 4.71. The van der Waals surface area contributed by atoms with E-state index < -0.39 is 0 Å². The van der Waals surface area contributed by atoms with E-state index in [-0.39, 0.29) is 18.6 Å². The summed E-state index contributed by atoms with van der Waals surface area (Å²) >= 11 is 0. The highest BCUT2D eigenvalue weighted by Crippen LogP contribution is 2.15. The minimum atomic E-state index is 0.0616. The monoisotopic (exact) mass is 248 g/mol. The maximum absolute atomic E-state index is 11.8. The molecule has 1 aromatic rings. The van der Waals surface area contributed by atoms with Crippen LogP contribution < -0.4 is 5.73 Å². The van der Waals surface area contributed by atoms with Crippen molar-refractivity contribution >= 4 is 5.91 Å². The molecule has 0 spiro atoms. The average Bonchev–Trinajstić information content (AvgIpc) is 2.36. The summed E-state index contributed by atoms with van der Waals surface area (Å²) in [5.41, 5.74) is 7.94. The number of carbonyl (C=O) groups excluding carboxylic acids is 1. The van der Waals surface area contributed by atoms with E-state index in [9.17, 15) is 4.79 Å². The predicted molar refractivity (Wildman–Crippen MR) is 70.0 cm³/mol. The Morgan fingerprint density at radius 1 is 1.44 bits per heavy atom. The summed E-state index contributed by atoms with van der Waals surface area (Å²) < 4.78 is 5.46. The molecule has 1 atom stereocenters. The van der Waals surface area contributed by atoms with E-state index in [4.69, 9.17) is 10.5 Å². The molecule has 2 N–H and O–H groups in total. The third-order valence-corrected chi connectivity index (χ3v) is 3.33. The lowest BCUT2D eigenvalue weighted by molar-refractivity contribution is -0.149. The molecule has 2 rings (SSSR count). The van der Waals surface area contributed by atoms with Crippen molar-refractivity contribution in [2.45, 2.75) is 26.0 Å². The molecule has 4 heteroatoms. The summed E-state index contributed by atoms with van der Waals surface area (Å²) in [6.45, 7) is 4.14. The lowest BCUT2D eigenvalue weighted by Gasteiger charge is -2.33. The zero-order chi connectivity index (χ0) is 13.0. The summed E-state index contributed by atoms with van der Waals surface area (Å²) in [7, 11) is 0. The van der Waals surface area contributed by atoms with Crippen LogP contribution in [0.15, 0.2) is 24.3 Å². The molecular formula is C14H20N2O2. The van der Waals surface area contributed by atoms with E-state index in [1.165, 1.54) is 11.1 Å². The summed E-state index contributed by atoms with van der Waals surface area (Å²) in [4.78, 5) is 13.7. The fourth-order valence-corrected chi connectivity index (χ4v) is 2.19. The number of nitrogens with zero attached hydrogens (tertiary/aromatic N) is 1. The summed E-state index contributed by atoms with van der Waals surface area (Å²) in [5, 5.41) is 0. The van der Waals surface area contributed by atoms with Gasteiger partial charge >= 0.3 is 0 Å². The first-order chi connectivity index (χ1) is 8.70. The molecule has 0 radical (unpaired) electrons. The van der Waals surface area contributed by atoms with E-state index in [1.807, 2.05) is 17.0 Å². The first-order valence-electron chi connectivity index (χ1n) is 6.34. The van der Waals surface area contributed by atoms with Crippen LogP contribution in [0, 0.1) is 6.92 Å². The Bertz CT molecular complexity index is 420. The van der Waals surface area contributed by atoms with E-state index in [1.54, 1.807) is 0 Å². The number of aryl methyl sites for hydroxylation is 1. The van der Waals surface area contributed by atoms with Gasteiger partial charge in [0, 0.05) is 13.1 Å². The summed E-state index contributed by atoms with van der Waals surface area (Å²) in [6, 6.07) is 8.15. The number of hydrogen-bond donors (Lipinski definition) is 1. The van der Waals surface area contributed by atoms with Crippen LogP contribution in [0.2, 0.25) is 0 Å². The second kappa shape index (κ2) is 5.98. The molecule has 1 aromatic carbocycles. The van der Waals surface area contributed by atoms with Crippen LogP contribution in [-0.4, -0.2) is 36.6 Å². The lowest BCUT2D eigenvalue weighted by Crippen LogP contribution is -2.46. The maximum atomic E-state index is 11.8. The average molecular weight is 248 g/mol. The standard InChI is InChI=1S/C14H20N2O2/c1-11-4-2-3-5-12(11)8-16-9-13(6-7-15)18-10-14(16)17/h2-5,13H,6-10,15H2,1H3. The van der Waals surface area contributed by atoms with E-state index in [0.717, 1.165) is 6.42 Å². The van der Waals surface area contributed by atoms with Gasteiger partial charge in [0.1, 0.15) is 6.61 Å². The van der Waals surface area contributed by atoms with E-state index in [0.29, 0.717) is 19.6 Å². The number of morpholine rings is 1. The molecule has 0 aromatic heterocycles. The van der Waals surface area contributed by atoms with Crippen molar-refractivity contribution in [1.29, 1.82) is 0 Å². The SMILES string of the molecule is Cc1ccccc1CN1CC(CCN)OCC1=O. The zero-order valence-electron chi connectivity index (χ0n) is 10.8. The fourth-order valence-electron chi connectivity index (χ4n) is 2.19. The molecule has 98 valence electrons. The van der Waals surface area contributed by atoms with Crippen LogP contribution in [0.5, 0.6) is 0 Å². The molecule has 1 heterocycles. The first kappa shape index (κ1) is 13.1. The molecule has 1 aliphatic heterocycles. The molecule has 1 saturated heterocycles. The van der Waals surface area contributed by atoms with Crippen molar-refractivity contribution in [3.63, 3.8) is 0 Å². The van der Waals surface area contributed by atoms with Crippen LogP contribution in [0.1, 0.15) is 17.5 Å². The minimum Gasteiger partial charge on any atom is -0.367 e. The third-order valence-electron chi connectivity index (χ3n) is 3.33. The van der Waals surface area contributed by atoms with Gasteiger partial charge in [-0.15, -0.1) is 0 Å². The Labute approximate surface area is 108 Å². The molecular weight excluding hydrogens is 228 g/mol. The number of benzene rings is 1. The number of carbonyl (C=O) groups is 1. The van der Waals surface area contributed by atoms with E-state index >= 15 is 0 Å². The number of hydrogen-bond acceptors (Lipinski definition) is 3. The normalized spacial score (nSPS) is 20.2. The Kier molecular flexibility index (Phi) is 4.33. The highest BCUT2D eigenvalue weighted by molar-refractivity contribution is 5.78. The van der Waals surface area contributed by atoms with Crippen molar-refractivity contribution in [1.82, 2.24) is 4.90 Å². The van der Waals surface area contributed by atoms with Gasteiger partial charge in [-0.05, 0) is 31.0 Å². The van der Waals surface area contributed by atoms with Gasteiger partial charge in [0.25, 0.3) is 0 Å². The summed E-state index contributed by atoms with van der Waals surface area (Å²) in [6.07, 6.45) is 0.883. The van der Waals surface area contributed by atoms with Gasteiger partial charge in [-0.2, -0.15) is 0 Å². The molecule has 18 heavy (non-hydrogen) atoms. The van der Waals surface area contributed by atoms with Crippen LogP contribution in [-0.2, 0) is 16.1 Å². The maximum Gasteiger partial charge on any atom is 0.248 e. The van der Waals surface area contributed by atoms with Gasteiger partial charge in [-0.3, -0.25) is 4.79 Å². The second-order valence-electron chi connectivity index (χ2n) is 4.71. The molecule has 0 aliphatic carbocycles. The largest absolute Gasteiger partial charge is 0.367 e. The van der Waals surface area contributed by atoms with Gasteiger partial charge in [-0.25, -0.2) is 0 Å². The zero-order valence-corrected chi connectivity index (χ0v) is 10.8. The first-order valence-corrected chi connectivity index (χ1v) is 6.34. The van der Waals surface area contributed by atoms with Crippen molar-refractivity contribution in [3.8, 4) is 0 Å². The highest BCUT2D eigenvalue weighted by Gasteiger charge is 2.25. The molecule has 0 saturated carbocycles. The molecule has 1 aliphatic rings. The van der Waals surface area contributed by atoms with Gasteiger partial charge in [0.2, 0.25) is 5.91 Å². The quantitative estimate of drug-likeness (QED) is 0.867. The van der Waals surface area contributed by atoms with Gasteiger partial charge < -0.3 is 15.4 Å². The summed E-state index contributed by atoms with van der Waals surface area (Å²) in [5.74, 6) is 0.0616.